The molecule has 0 saturated carbocycles. The number of rotatable bonds is 5. The van der Waals surface area contributed by atoms with Gasteiger partial charge in [-0.1, -0.05) is 0 Å². The normalized spacial score (nSPS) is 23.9. The van der Waals surface area contributed by atoms with Gasteiger partial charge in [-0.2, -0.15) is 0 Å². The molecule has 0 radical (unpaired) electrons. The van der Waals surface area contributed by atoms with Crippen LogP contribution in [0, 0.1) is 0 Å². The molecule has 2 fully saturated rings. The van der Waals surface area contributed by atoms with E-state index in [-0.39, 0.29) is 11.5 Å². The number of esters is 1. The molecule has 0 aromatic heterocycles. The van der Waals surface area contributed by atoms with Crippen LogP contribution in [0.25, 0.3) is 0 Å². The molecule has 24 heavy (non-hydrogen) atoms. The van der Waals surface area contributed by atoms with Crippen molar-refractivity contribution < 1.29 is 14.3 Å². The van der Waals surface area contributed by atoms with E-state index in [1.54, 1.807) is 0 Å². The maximum absolute atomic E-state index is 12.1. The van der Waals surface area contributed by atoms with Crippen LogP contribution in [0.1, 0.15) is 44.0 Å². The number of hydrogen-bond acceptors (Lipinski definition) is 5. The molecule has 0 unspecified atom stereocenters. The van der Waals surface area contributed by atoms with Gasteiger partial charge >= 0.3 is 5.97 Å². The Balaban J connectivity index is 1.83. The van der Waals surface area contributed by atoms with Crippen LogP contribution < -0.4 is 9.64 Å². The van der Waals surface area contributed by atoms with E-state index in [2.05, 4.69) is 16.7 Å². The van der Waals surface area contributed by atoms with Crippen LogP contribution in [0.2, 0.25) is 0 Å². The van der Waals surface area contributed by atoms with Crippen LogP contribution in [0.5, 0.6) is 5.75 Å². The van der Waals surface area contributed by atoms with Gasteiger partial charge < -0.3 is 14.4 Å². The predicted octanol–water partition coefficient (Wildman–Crippen LogP) is 2.94. The molecule has 2 heterocycles. The molecule has 0 spiro atoms. The van der Waals surface area contributed by atoms with Crippen molar-refractivity contribution in [3.05, 3.63) is 23.8 Å². The molecule has 2 aliphatic rings. The molecule has 0 aliphatic carbocycles. The zero-order chi connectivity index (χ0) is 17.2. The highest BCUT2D eigenvalue weighted by Crippen LogP contribution is 2.35. The lowest BCUT2D eigenvalue weighted by molar-refractivity contribution is 0.0522. The topological polar surface area (TPSA) is 42.0 Å². The average Bonchev–Trinajstić information content (AvgIpc) is 2.95. The maximum Gasteiger partial charge on any atom is 0.341 e. The third-order valence-electron chi connectivity index (χ3n) is 5.20. The van der Waals surface area contributed by atoms with E-state index in [9.17, 15) is 4.79 Å². The van der Waals surface area contributed by atoms with Crippen LogP contribution >= 0.6 is 0 Å². The minimum absolute atomic E-state index is 0.268. The van der Waals surface area contributed by atoms with Gasteiger partial charge in [0.25, 0.3) is 0 Å². The molecular formula is C19H28N2O3. The quantitative estimate of drug-likeness (QED) is 0.776. The largest absolute Gasteiger partial charge is 0.493 e. The van der Waals surface area contributed by atoms with Gasteiger partial charge in [-0.3, -0.25) is 4.90 Å². The highest BCUT2D eigenvalue weighted by molar-refractivity contribution is 5.93. The highest BCUT2D eigenvalue weighted by Gasteiger charge is 2.41. The molecule has 0 N–H and O–H groups in total. The van der Waals surface area contributed by atoms with Gasteiger partial charge in [0.1, 0.15) is 11.3 Å². The summed E-state index contributed by atoms with van der Waals surface area (Å²) in [6.45, 7) is 11.4. The van der Waals surface area contributed by atoms with Crippen molar-refractivity contribution in [1.29, 1.82) is 0 Å². The fourth-order valence-corrected chi connectivity index (χ4v) is 3.95. The first-order chi connectivity index (χ1) is 11.6. The van der Waals surface area contributed by atoms with E-state index in [1.807, 2.05) is 32.0 Å². The molecule has 0 bridgehead atoms. The van der Waals surface area contributed by atoms with Crippen LogP contribution in [-0.2, 0) is 4.74 Å². The van der Waals surface area contributed by atoms with Crippen molar-refractivity contribution in [3.63, 3.8) is 0 Å². The van der Waals surface area contributed by atoms with E-state index >= 15 is 0 Å². The van der Waals surface area contributed by atoms with Crippen molar-refractivity contribution in [2.24, 2.45) is 0 Å². The zero-order valence-electron chi connectivity index (χ0n) is 15.0. The Morgan fingerprint density at radius 1 is 1.21 bits per heavy atom. The van der Waals surface area contributed by atoms with Gasteiger partial charge in [0.05, 0.1) is 13.2 Å². The van der Waals surface area contributed by atoms with Crippen molar-refractivity contribution in [2.45, 2.75) is 39.2 Å². The molecule has 132 valence electrons. The first-order valence-electron chi connectivity index (χ1n) is 9.01. The van der Waals surface area contributed by atoms with Gasteiger partial charge in [0, 0.05) is 36.9 Å². The number of hydrogen-bond donors (Lipinski definition) is 0. The van der Waals surface area contributed by atoms with Crippen LogP contribution in [0.4, 0.5) is 5.69 Å². The molecule has 0 amide bonds. The van der Waals surface area contributed by atoms with Crippen molar-refractivity contribution in [1.82, 2.24) is 4.90 Å². The molecule has 1 atom stereocenters. The summed E-state index contributed by atoms with van der Waals surface area (Å²) in [6, 6.07) is 5.84. The molecule has 3 rings (SSSR count). The Morgan fingerprint density at radius 2 is 2.04 bits per heavy atom. The Hall–Kier alpha value is -1.75. The highest BCUT2D eigenvalue weighted by atomic mass is 16.5. The zero-order valence-corrected chi connectivity index (χ0v) is 15.0. The molecule has 1 aromatic carbocycles. The van der Waals surface area contributed by atoms with Crippen LogP contribution in [0.15, 0.2) is 18.2 Å². The lowest BCUT2D eigenvalue weighted by Gasteiger charge is -2.46. The lowest BCUT2D eigenvalue weighted by atomic mass is 9.95. The number of anilines is 1. The molecule has 5 nitrogen and oxygen atoms in total. The molecular weight excluding hydrogens is 304 g/mol. The van der Waals surface area contributed by atoms with Crippen molar-refractivity contribution in [3.8, 4) is 5.75 Å². The van der Waals surface area contributed by atoms with E-state index in [1.165, 1.54) is 19.4 Å². The Bertz CT molecular complexity index is 604. The van der Waals surface area contributed by atoms with Gasteiger partial charge in [-0.15, -0.1) is 0 Å². The first-order valence-corrected chi connectivity index (χ1v) is 9.01. The Morgan fingerprint density at radius 3 is 2.79 bits per heavy atom. The Kier molecular flexibility index (Phi) is 4.99. The molecule has 2 aliphatic heterocycles. The second kappa shape index (κ2) is 7.01. The summed E-state index contributed by atoms with van der Waals surface area (Å²) in [7, 11) is 0. The minimum atomic E-state index is -0.319. The third kappa shape index (κ3) is 3.22. The van der Waals surface area contributed by atoms with E-state index in [0.29, 0.717) is 24.5 Å². The summed E-state index contributed by atoms with van der Waals surface area (Å²) in [4.78, 5) is 17.1. The molecule has 1 aromatic rings. The number of carbonyl (C=O) groups excluding carboxylic acids is 1. The summed E-state index contributed by atoms with van der Waals surface area (Å²) in [5.41, 5.74) is 1.90. The number of nitrogens with zero attached hydrogens (tertiary/aromatic N) is 2. The standard InChI is InChI=1S/C19H28N2O3/c1-4-23-17-13-15(7-8-16(17)18(22)24-5-2)20-11-12-21-10-6-9-19(21,3)14-20/h7-8,13H,4-6,9-12,14H2,1-3H3/t19-/m0/s1. The average molecular weight is 332 g/mol. The van der Waals surface area contributed by atoms with E-state index < -0.39 is 0 Å². The smallest absolute Gasteiger partial charge is 0.341 e. The minimum Gasteiger partial charge on any atom is -0.493 e. The SMILES string of the molecule is CCOC(=O)c1ccc(N2CCN3CCC[C@@]3(C)C2)cc1OCC. The summed E-state index contributed by atoms with van der Waals surface area (Å²) in [5, 5.41) is 0. The van der Waals surface area contributed by atoms with Gasteiger partial charge in [-0.05, 0) is 52.3 Å². The summed E-state index contributed by atoms with van der Waals surface area (Å²) in [5.74, 6) is 0.299. The predicted molar refractivity (Wildman–Crippen MR) is 95.0 cm³/mol. The van der Waals surface area contributed by atoms with Crippen molar-refractivity contribution >= 4 is 11.7 Å². The van der Waals surface area contributed by atoms with Crippen LogP contribution in [0.3, 0.4) is 0 Å². The maximum atomic E-state index is 12.1. The monoisotopic (exact) mass is 332 g/mol. The lowest BCUT2D eigenvalue weighted by Crippen LogP contribution is -2.57. The van der Waals surface area contributed by atoms with E-state index in [0.717, 1.165) is 25.3 Å². The van der Waals surface area contributed by atoms with Crippen molar-refractivity contribution in [2.75, 3.05) is 44.3 Å². The van der Waals surface area contributed by atoms with Gasteiger partial charge in [0.15, 0.2) is 0 Å². The number of ether oxygens (including phenoxy) is 2. The summed E-state index contributed by atoms with van der Waals surface area (Å²) in [6.07, 6.45) is 2.54. The summed E-state index contributed by atoms with van der Waals surface area (Å²) < 4.78 is 10.8. The molecule has 5 heteroatoms. The second-order valence-corrected chi connectivity index (χ2v) is 6.84. The summed E-state index contributed by atoms with van der Waals surface area (Å²) >= 11 is 0. The Labute approximate surface area is 144 Å². The second-order valence-electron chi connectivity index (χ2n) is 6.84. The number of carbonyl (C=O) groups is 1. The van der Waals surface area contributed by atoms with Crippen LogP contribution in [-0.4, -0.2) is 55.8 Å². The van der Waals surface area contributed by atoms with Gasteiger partial charge in [0.2, 0.25) is 0 Å². The number of benzene rings is 1. The first kappa shape index (κ1) is 17.1. The number of fused-ring (bicyclic) bond motifs is 1. The number of piperazine rings is 1. The fraction of sp³-hybridized carbons (Fsp3) is 0.632. The van der Waals surface area contributed by atoms with Gasteiger partial charge in [-0.25, -0.2) is 4.79 Å². The fourth-order valence-electron chi connectivity index (χ4n) is 3.95. The van der Waals surface area contributed by atoms with E-state index in [4.69, 9.17) is 9.47 Å². The third-order valence-corrected chi connectivity index (χ3v) is 5.20. The molecule has 2 saturated heterocycles.